The van der Waals surface area contributed by atoms with Crippen molar-refractivity contribution in [2.75, 3.05) is 18.4 Å². The Hall–Kier alpha value is -1.89. The summed E-state index contributed by atoms with van der Waals surface area (Å²) in [6, 6.07) is 6.13. The van der Waals surface area contributed by atoms with E-state index in [1.54, 1.807) is 29.3 Å². The van der Waals surface area contributed by atoms with E-state index >= 15 is 0 Å². The lowest BCUT2D eigenvalue weighted by Gasteiger charge is -2.32. The molecule has 1 aliphatic heterocycles. The van der Waals surface area contributed by atoms with Crippen LogP contribution in [0.15, 0.2) is 36.9 Å². The summed E-state index contributed by atoms with van der Waals surface area (Å²) in [5.74, 6) is 0.884. The molecule has 0 amide bonds. The van der Waals surface area contributed by atoms with Gasteiger partial charge in [0.15, 0.2) is 5.65 Å². The first-order chi connectivity index (χ1) is 12.2. The van der Waals surface area contributed by atoms with Gasteiger partial charge in [-0.05, 0) is 36.6 Å². The SMILES string of the molecule is Clc1cc(Cl)cc(CN2CCC(Nc3cncc4ncnn34)CC2)c1. The molecule has 8 heteroatoms. The number of rotatable bonds is 4. The number of piperidine rings is 1. The zero-order valence-corrected chi connectivity index (χ0v) is 15.1. The molecule has 2 aromatic heterocycles. The third-order valence-electron chi connectivity index (χ3n) is 4.46. The van der Waals surface area contributed by atoms with Gasteiger partial charge in [-0.15, -0.1) is 0 Å². The first-order valence-corrected chi connectivity index (χ1v) is 9.00. The zero-order chi connectivity index (χ0) is 17.2. The number of hydrogen-bond acceptors (Lipinski definition) is 5. The number of nitrogens with one attached hydrogen (secondary N) is 1. The molecular formula is C17H18Cl2N6. The maximum atomic E-state index is 6.09. The van der Waals surface area contributed by atoms with Gasteiger partial charge in [-0.1, -0.05) is 23.2 Å². The summed E-state index contributed by atoms with van der Waals surface area (Å²) in [7, 11) is 0. The van der Waals surface area contributed by atoms with Gasteiger partial charge in [0.1, 0.15) is 12.1 Å². The van der Waals surface area contributed by atoms with Crippen LogP contribution < -0.4 is 5.32 Å². The van der Waals surface area contributed by atoms with Gasteiger partial charge >= 0.3 is 0 Å². The van der Waals surface area contributed by atoms with Gasteiger partial charge in [-0.2, -0.15) is 9.61 Å². The van der Waals surface area contributed by atoms with Crippen molar-refractivity contribution >= 4 is 34.7 Å². The van der Waals surface area contributed by atoms with Crippen molar-refractivity contribution in [1.29, 1.82) is 0 Å². The summed E-state index contributed by atoms with van der Waals surface area (Å²) in [5, 5.41) is 9.16. The summed E-state index contributed by atoms with van der Waals surface area (Å²) in [5.41, 5.74) is 1.90. The Bertz CT molecular complexity index is 852. The maximum Gasteiger partial charge on any atom is 0.175 e. The van der Waals surface area contributed by atoms with Gasteiger partial charge in [0.2, 0.25) is 0 Å². The first kappa shape index (κ1) is 16.6. The number of benzene rings is 1. The third kappa shape index (κ3) is 3.86. The lowest BCUT2D eigenvalue weighted by Crippen LogP contribution is -2.39. The average Bonchev–Trinajstić information content (AvgIpc) is 3.05. The molecule has 0 bridgehead atoms. The smallest absolute Gasteiger partial charge is 0.175 e. The standard InChI is InChI=1S/C17H18Cl2N6/c18-13-5-12(6-14(19)7-13)10-24-3-1-15(2-4-24)23-17-9-20-8-16-21-11-22-25(16)17/h5-9,11,15,23H,1-4,10H2. The van der Waals surface area contributed by atoms with E-state index in [9.17, 15) is 0 Å². The third-order valence-corrected chi connectivity index (χ3v) is 4.89. The molecular weight excluding hydrogens is 359 g/mol. The van der Waals surface area contributed by atoms with Crippen molar-refractivity contribution in [3.05, 3.63) is 52.5 Å². The summed E-state index contributed by atoms with van der Waals surface area (Å²) in [6.07, 6.45) is 7.15. The molecule has 0 unspecified atom stereocenters. The van der Waals surface area contributed by atoms with Crippen molar-refractivity contribution in [1.82, 2.24) is 24.5 Å². The number of anilines is 1. The normalized spacial score (nSPS) is 16.4. The van der Waals surface area contributed by atoms with Crippen LogP contribution >= 0.6 is 23.2 Å². The van der Waals surface area contributed by atoms with E-state index in [1.165, 1.54) is 0 Å². The Kier molecular flexibility index (Phi) is 4.74. The van der Waals surface area contributed by atoms with Gasteiger partial charge in [0, 0.05) is 35.7 Å². The topological polar surface area (TPSA) is 58.3 Å². The summed E-state index contributed by atoms with van der Waals surface area (Å²) in [6.45, 7) is 2.90. The molecule has 130 valence electrons. The highest BCUT2D eigenvalue weighted by molar-refractivity contribution is 6.34. The molecule has 0 spiro atoms. The number of aromatic nitrogens is 4. The lowest BCUT2D eigenvalue weighted by atomic mass is 10.0. The largest absolute Gasteiger partial charge is 0.366 e. The Morgan fingerprint density at radius 2 is 1.84 bits per heavy atom. The molecule has 3 aromatic rings. The maximum absolute atomic E-state index is 6.09. The number of nitrogens with zero attached hydrogens (tertiary/aromatic N) is 5. The van der Waals surface area contributed by atoms with Crippen LogP contribution in [0, 0.1) is 0 Å². The predicted octanol–water partition coefficient (Wildman–Crippen LogP) is 3.51. The van der Waals surface area contributed by atoms with E-state index in [0.29, 0.717) is 16.1 Å². The van der Waals surface area contributed by atoms with E-state index in [1.807, 2.05) is 12.1 Å². The monoisotopic (exact) mass is 376 g/mol. The van der Waals surface area contributed by atoms with E-state index in [4.69, 9.17) is 23.2 Å². The molecule has 0 radical (unpaired) electrons. The summed E-state index contributed by atoms with van der Waals surface area (Å²) >= 11 is 12.2. The molecule has 0 aliphatic carbocycles. The van der Waals surface area contributed by atoms with E-state index in [0.717, 1.165) is 49.5 Å². The van der Waals surface area contributed by atoms with Crippen molar-refractivity contribution < 1.29 is 0 Å². The van der Waals surface area contributed by atoms with Crippen LogP contribution in [0.3, 0.4) is 0 Å². The average molecular weight is 377 g/mol. The molecule has 4 rings (SSSR count). The Morgan fingerprint density at radius 3 is 2.60 bits per heavy atom. The lowest BCUT2D eigenvalue weighted by molar-refractivity contribution is 0.211. The van der Waals surface area contributed by atoms with Gasteiger partial charge in [0.25, 0.3) is 0 Å². The number of halogens is 2. The Balaban J connectivity index is 1.36. The van der Waals surface area contributed by atoms with Crippen LogP contribution in [-0.2, 0) is 6.54 Å². The summed E-state index contributed by atoms with van der Waals surface area (Å²) < 4.78 is 1.79. The molecule has 1 aromatic carbocycles. The summed E-state index contributed by atoms with van der Waals surface area (Å²) in [4.78, 5) is 10.8. The molecule has 25 heavy (non-hydrogen) atoms. The highest BCUT2D eigenvalue weighted by atomic mass is 35.5. The second-order valence-corrected chi connectivity index (χ2v) is 7.17. The van der Waals surface area contributed by atoms with E-state index in [-0.39, 0.29) is 0 Å². The van der Waals surface area contributed by atoms with Crippen molar-refractivity contribution in [3.63, 3.8) is 0 Å². The minimum absolute atomic E-state index is 0.399. The second kappa shape index (κ2) is 7.15. The van der Waals surface area contributed by atoms with Crippen LogP contribution in [-0.4, -0.2) is 43.6 Å². The van der Waals surface area contributed by atoms with Gasteiger partial charge in [-0.3, -0.25) is 9.88 Å². The van der Waals surface area contributed by atoms with E-state index in [2.05, 4.69) is 25.3 Å². The number of hydrogen-bond donors (Lipinski definition) is 1. The number of likely N-dealkylation sites (tertiary alicyclic amines) is 1. The van der Waals surface area contributed by atoms with Crippen LogP contribution in [0.4, 0.5) is 5.82 Å². The fourth-order valence-corrected chi connectivity index (χ4v) is 3.83. The predicted molar refractivity (Wildman–Crippen MR) is 99.2 cm³/mol. The molecule has 1 saturated heterocycles. The van der Waals surface area contributed by atoms with Crippen LogP contribution in [0.25, 0.3) is 5.65 Å². The molecule has 0 saturated carbocycles. The quantitative estimate of drug-likeness (QED) is 0.754. The van der Waals surface area contributed by atoms with Gasteiger partial charge in [-0.25, -0.2) is 4.98 Å². The Labute approximate surface area is 155 Å². The molecule has 1 aliphatic rings. The zero-order valence-electron chi connectivity index (χ0n) is 13.6. The van der Waals surface area contributed by atoms with Crippen molar-refractivity contribution in [2.45, 2.75) is 25.4 Å². The van der Waals surface area contributed by atoms with Gasteiger partial charge < -0.3 is 5.32 Å². The minimum atomic E-state index is 0.399. The Morgan fingerprint density at radius 1 is 1.08 bits per heavy atom. The minimum Gasteiger partial charge on any atom is -0.366 e. The second-order valence-electron chi connectivity index (χ2n) is 6.30. The van der Waals surface area contributed by atoms with Crippen molar-refractivity contribution in [3.8, 4) is 0 Å². The highest BCUT2D eigenvalue weighted by Crippen LogP contribution is 2.22. The highest BCUT2D eigenvalue weighted by Gasteiger charge is 2.20. The molecule has 1 N–H and O–H groups in total. The van der Waals surface area contributed by atoms with Gasteiger partial charge in [0.05, 0.1) is 12.4 Å². The fraction of sp³-hybridized carbons (Fsp3) is 0.353. The van der Waals surface area contributed by atoms with E-state index < -0.39 is 0 Å². The fourth-order valence-electron chi connectivity index (χ4n) is 3.26. The van der Waals surface area contributed by atoms with Crippen LogP contribution in [0.2, 0.25) is 10.0 Å². The molecule has 3 heterocycles. The first-order valence-electron chi connectivity index (χ1n) is 8.25. The van der Waals surface area contributed by atoms with Crippen molar-refractivity contribution in [2.24, 2.45) is 0 Å². The number of fused-ring (bicyclic) bond motifs is 1. The van der Waals surface area contributed by atoms with Crippen LogP contribution in [0.1, 0.15) is 18.4 Å². The molecule has 6 nitrogen and oxygen atoms in total. The van der Waals surface area contributed by atoms with Crippen LogP contribution in [0.5, 0.6) is 0 Å². The molecule has 0 atom stereocenters. The molecule has 1 fully saturated rings.